The standard InChI is InChI=1S/C6H7N3O/c7-4-1-5-2-8-6(10)9(5)3-4/h1,3H,2,7H2,(H,8,10). The van der Waals surface area contributed by atoms with Gasteiger partial charge in [0.25, 0.3) is 0 Å². The van der Waals surface area contributed by atoms with Gasteiger partial charge in [-0.3, -0.25) is 4.57 Å². The van der Waals surface area contributed by atoms with E-state index in [4.69, 9.17) is 5.73 Å². The van der Waals surface area contributed by atoms with Crippen molar-refractivity contribution in [1.29, 1.82) is 0 Å². The maximum atomic E-state index is 10.9. The van der Waals surface area contributed by atoms with Gasteiger partial charge in [0, 0.05) is 11.9 Å². The highest BCUT2D eigenvalue weighted by atomic mass is 16.2. The Morgan fingerprint density at radius 3 is 3.20 bits per heavy atom. The smallest absolute Gasteiger partial charge is 0.326 e. The van der Waals surface area contributed by atoms with Crippen molar-refractivity contribution in [1.82, 2.24) is 9.88 Å². The average molecular weight is 137 g/mol. The highest BCUT2D eigenvalue weighted by Gasteiger charge is 2.17. The van der Waals surface area contributed by atoms with Gasteiger partial charge >= 0.3 is 6.03 Å². The van der Waals surface area contributed by atoms with Gasteiger partial charge < -0.3 is 11.1 Å². The van der Waals surface area contributed by atoms with Crippen LogP contribution in [0, 0.1) is 0 Å². The third-order valence-corrected chi connectivity index (χ3v) is 1.56. The van der Waals surface area contributed by atoms with Gasteiger partial charge in [0.2, 0.25) is 0 Å². The number of hydrogen-bond donors (Lipinski definition) is 2. The summed E-state index contributed by atoms with van der Waals surface area (Å²) < 4.78 is 1.52. The van der Waals surface area contributed by atoms with E-state index < -0.39 is 0 Å². The molecule has 0 saturated heterocycles. The first kappa shape index (κ1) is 5.34. The van der Waals surface area contributed by atoms with E-state index in [1.807, 2.05) is 0 Å². The van der Waals surface area contributed by atoms with Gasteiger partial charge in [-0.1, -0.05) is 0 Å². The molecule has 1 aromatic heterocycles. The Morgan fingerprint density at radius 2 is 2.50 bits per heavy atom. The monoisotopic (exact) mass is 137 g/mol. The molecule has 2 heterocycles. The Kier molecular flexibility index (Phi) is 0.818. The zero-order valence-electron chi connectivity index (χ0n) is 5.29. The Balaban J connectivity index is 2.59. The van der Waals surface area contributed by atoms with E-state index in [9.17, 15) is 4.79 Å². The van der Waals surface area contributed by atoms with Crippen LogP contribution in [0.25, 0.3) is 0 Å². The number of rotatable bonds is 0. The van der Waals surface area contributed by atoms with Crippen molar-refractivity contribution in [3.05, 3.63) is 18.0 Å². The number of aromatic nitrogens is 1. The molecule has 0 radical (unpaired) electrons. The molecule has 0 aromatic carbocycles. The number of anilines is 1. The molecule has 52 valence electrons. The number of carbonyl (C=O) groups is 1. The van der Waals surface area contributed by atoms with Gasteiger partial charge in [0.15, 0.2) is 0 Å². The minimum Gasteiger partial charge on any atom is -0.397 e. The van der Waals surface area contributed by atoms with Crippen molar-refractivity contribution in [2.24, 2.45) is 0 Å². The van der Waals surface area contributed by atoms with Crippen LogP contribution >= 0.6 is 0 Å². The van der Waals surface area contributed by atoms with Crippen molar-refractivity contribution < 1.29 is 4.79 Å². The van der Waals surface area contributed by atoms with Crippen LogP contribution in [0.15, 0.2) is 12.3 Å². The second kappa shape index (κ2) is 1.53. The molecular weight excluding hydrogens is 130 g/mol. The summed E-state index contributed by atoms with van der Waals surface area (Å²) in [6.45, 7) is 0.593. The van der Waals surface area contributed by atoms with Crippen LogP contribution in [-0.4, -0.2) is 10.6 Å². The minimum absolute atomic E-state index is 0.0910. The number of carbonyl (C=O) groups excluding carboxylic acids is 1. The van der Waals surface area contributed by atoms with Crippen LogP contribution in [0.2, 0.25) is 0 Å². The summed E-state index contributed by atoms with van der Waals surface area (Å²) >= 11 is 0. The van der Waals surface area contributed by atoms with E-state index in [1.165, 1.54) is 4.57 Å². The van der Waals surface area contributed by atoms with Crippen molar-refractivity contribution in [3.63, 3.8) is 0 Å². The van der Waals surface area contributed by atoms with E-state index in [0.29, 0.717) is 12.2 Å². The van der Waals surface area contributed by atoms with Crippen LogP contribution < -0.4 is 11.1 Å². The molecule has 1 aliphatic heterocycles. The van der Waals surface area contributed by atoms with Crippen LogP contribution in [0.1, 0.15) is 5.69 Å². The molecule has 1 amide bonds. The number of nitrogen functional groups attached to an aromatic ring is 1. The molecule has 0 unspecified atom stereocenters. The van der Waals surface area contributed by atoms with Crippen molar-refractivity contribution in [3.8, 4) is 0 Å². The van der Waals surface area contributed by atoms with E-state index >= 15 is 0 Å². The molecule has 2 rings (SSSR count). The molecule has 0 spiro atoms. The average Bonchev–Trinajstić information content (AvgIpc) is 2.35. The summed E-state index contributed by atoms with van der Waals surface area (Å²) in [6, 6.07) is 1.70. The molecule has 0 fully saturated rings. The lowest BCUT2D eigenvalue weighted by atomic mass is 10.4. The second-order valence-electron chi connectivity index (χ2n) is 2.29. The first-order chi connectivity index (χ1) is 4.77. The third kappa shape index (κ3) is 0.528. The van der Waals surface area contributed by atoms with Gasteiger partial charge in [0.05, 0.1) is 12.2 Å². The van der Waals surface area contributed by atoms with Crippen LogP contribution in [0.3, 0.4) is 0 Å². The van der Waals surface area contributed by atoms with Gasteiger partial charge in [-0.05, 0) is 6.07 Å². The van der Waals surface area contributed by atoms with E-state index in [2.05, 4.69) is 5.32 Å². The molecule has 4 nitrogen and oxygen atoms in total. The molecule has 1 aromatic rings. The summed E-state index contributed by atoms with van der Waals surface area (Å²) in [4.78, 5) is 10.9. The number of nitrogens with two attached hydrogens (primary N) is 1. The first-order valence-corrected chi connectivity index (χ1v) is 3.02. The Hall–Kier alpha value is -1.45. The molecular formula is C6H7N3O. The predicted molar refractivity (Wildman–Crippen MR) is 36.5 cm³/mol. The number of nitrogens with one attached hydrogen (secondary N) is 1. The number of nitrogens with zero attached hydrogens (tertiary/aromatic N) is 1. The maximum Gasteiger partial charge on any atom is 0.326 e. The van der Waals surface area contributed by atoms with Crippen molar-refractivity contribution >= 4 is 11.7 Å². The number of amides is 1. The lowest BCUT2D eigenvalue weighted by molar-refractivity contribution is 0.246. The topological polar surface area (TPSA) is 60.0 Å². The molecule has 1 aliphatic rings. The summed E-state index contributed by atoms with van der Waals surface area (Å²) in [5.41, 5.74) is 7.03. The fraction of sp³-hybridized carbons (Fsp3) is 0.167. The van der Waals surface area contributed by atoms with Crippen LogP contribution in [-0.2, 0) is 6.54 Å². The van der Waals surface area contributed by atoms with Crippen LogP contribution in [0.5, 0.6) is 0 Å². The fourth-order valence-corrected chi connectivity index (χ4v) is 1.11. The van der Waals surface area contributed by atoms with E-state index in [0.717, 1.165) is 5.69 Å². The lowest BCUT2D eigenvalue weighted by Gasteiger charge is -1.89. The number of hydrogen-bond acceptors (Lipinski definition) is 2. The summed E-state index contributed by atoms with van der Waals surface area (Å²) in [5, 5.41) is 2.66. The molecule has 0 aliphatic carbocycles. The third-order valence-electron chi connectivity index (χ3n) is 1.56. The zero-order chi connectivity index (χ0) is 7.14. The number of fused-ring (bicyclic) bond motifs is 1. The molecule has 0 bridgehead atoms. The van der Waals surface area contributed by atoms with Gasteiger partial charge in [-0.2, -0.15) is 0 Å². The minimum atomic E-state index is -0.0910. The van der Waals surface area contributed by atoms with Gasteiger partial charge in [-0.25, -0.2) is 4.79 Å². The van der Waals surface area contributed by atoms with Crippen LogP contribution in [0.4, 0.5) is 10.5 Å². The Morgan fingerprint density at radius 1 is 1.70 bits per heavy atom. The Bertz CT molecular complexity index is 289. The second-order valence-corrected chi connectivity index (χ2v) is 2.29. The normalized spacial score (nSPS) is 15.0. The van der Waals surface area contributed by atoms with Gasteiger partial charge in [-0.15, -0.1) is 0 Å². The summed E-state index contributed by atoms with van der Waals surface area (Å²) in [7, 11) is 0. The highest BCUT2D eigenvalue weighted by Crippen LogP contribution is 2.13. The summed E-state index contributed by atoms with van der Waals surface area (Å²) in [5.74, 6) is 0. The SMILES string of the molecule is Nc1cc2n(c1)C(=O)NC2. The molecule has 0 saturated carbocycles. The Labute approximate surface area is 57.6 Å². The maximum absolute atomic E-state index is 10.9. The van der Waals surface area contributed by atoms with Gasteiger partial charge in [0.1, 0.15) is 0 Å². The molecule has 0 atom stereocenters. The molecule has 4 heteroatoms. The molecule has 10 heavy (non-hydrogen) atoms. The fourth-order valence-electron chi connectivity index (χ4n) is 1.11. The quantitative estimate of drug-likeness (QED) is 0.534. The van der Waals surface area contributed by atoms with E-state index in [1.54, 1.807) is 12.3 Å². The highest BCUT2D eigenvalue weighted by molar-refractivity contribution is 5.81. The van der Waals surface area contributed by atoms with E-state index in [-0.39, 0.29) is 6.03 Å². The largest absolute Gasteiger partial charge is 0.397 e. The first-order valence-electron chi connectivity index (χ1n) is 3.02. The van der Waals surface area contributed by atoms with Crippen molar-refractivity contribution in [2.75, 3.05) is 5.73 Å². The summed E-state index contributed by atoms with van der Waals surface area (Å²) in [6.07, 6.45) is 1.62. The predicted octanol–water partition coefficient (Wildman–Crippen LogP) is 0.142. The van der Waals surface area contributed by atoms with Crippen molar-refractivity contribution in [2.45, 2.75) is 6.54 Å². The molecule has 3 N–H and O–H groups in total. The lowest BCUT2D eigenvalue weighted by Crippen LogP contribution is -2.16. The zero-order valence-corrected chi connectivity index (χ0v) is 5.29.